The van der Waals surface area contributed by atoms with E-state index in [1.165, 1.54) is 0 Å². The van der Waals surface area contributed by atoms with Crippen LogP contribution in [0.5, 0.6) is 5.75 Å². The van der Waals surface area contributed by atoms with Crippen LogP contribution in [-0.2, 0) is 5.60 Å². The summed E-state index contributed by atoms with van der Waals surface area (Å²) in [5, 5.41) is 12.3. The third-order valence-electron chi connectivity index (χ3n) is 6.95. The summed E-state index contributed by atoms with van der Waals surface area (Å²) in [4.78, 5) is 12.5. The fourth-order valence-electron chi connectivity index (χ4n) is 5.26. The van der Waals surface area contributed by atoms with E-state index in [2.05, 4.69) is 0 Å². The first-order valence-electron chi connectivity index (χ1n) is 10.4. The molecule has 3 heterocycles. The summed E-state index contributed by atoms with van der Waals surface area (Å²) in [5.74, 6) is 1.28. The Labute approximate surface area is 177 Å². The maximum absolute atomic E-state index is 12.5. The van der Waals surface area contributed by atoms with Gasteiger partial charge in [-0.05, 0) is 42.0 Å². The quantitative estimate of drug-likeness (QED) is 0.538. The van der Waals surface area contributed by atoms with Gasteiger partial charge >= 0.3 is 0 Å². The van der Waals surface area contributed by atoms with Gasteiger partial charge in [-0.15, -0.1) is 0 Å². The molecule has 0 aliphatic carbocycles. The highest BCUT2D eigenvalue weighted by Gasteiger charge is 2.54. The zero-order chi connectivity index (χ0) is 20.5. The molecule has 0 amide bonds. The number of quaternary nitrogens is 1. The molecule has 0 aromatic heterocycles. The fraction of sp³-hybridized carbons (Fsp3) is 0.458. The summed E-state index contributed by atoms with van der Waals surface area (Å²) < 4.78 is 6.17. The Morgan fingerprint density at radius 2 is 1.79 bits per heavy atom. The van der Waals surface area contributed by atoms with Crippen molar-refractivity contribution in [1.82, 2.24) is 0 Å². The summed E-state index contributed by atoms with van der Waals surface area (Å²) in [6.45, 7) is 3.86. The molecule has 154 valence electrons. The molecular weight excluding hydrogens is 386 g/mol. The van der Waals surface area contributed by atoms with E-state index in [1.54, 1.807) is 31.4 Å². The van der Waals surface area contributed by atoms with Crippen LogP contribution in [0.25, 0.3) is 0 Å². The summed E-state index contributed by atoms with van der Waals surface area (Å²) in [6, 6.07) is 15.0. The number of hydrogen-bond acceptors (Lipinski definition) is 3. The average molecular weight is 415 g/mol. The number of carbonyl (C=O) groups excluding carboxylic acids is 1. The molecule has 1 N–H and O–H groups in total. The molecule has 3 fully saturated rings. The number of ether oxygens (including phenoxy) is 1. The van der Waals surface area contributed by atoms with Gasteiger partial charge in [0.05, 0.1) is 26.7 Å². The van der Waals surface area contributed by atoms with Crippen molar-refractivity contribution in [2.45, 2.75) is 31.3 Å². The second-order valence-electron chi connectivity index (χ2n) is 8.63. The molecule has 1 atom stereocenters. The maximum Gasteiger partial charge on any atom is 0.163 e. The molecule has 3 aliphatic rings. The lowest BCUT2D eigenvalue weighted by Crippen LogP contribution is -2.67. The molecule has 5 heteroatoms. The van der Waals surface area contributed by atoms with Crippen molar-refractivity contribution in [1.29, 1.82) is 0 Å². The number of benzene rings is 2. The van der Waals surface area contributed by atoms with Gasteiger partial charge in [-0.2, -0.15) is 0 Å². The zero-order valence-electron chi connectivity index (χ0n) is 16.9. The summed E-state index contributed by atoms with van der Waals surface area (Å²) >= 11 is 5.91. The molecule has 5 rings (SSSR count). The molecule has 0 saturated carbocycles. The van der Waals surface area contributed by atoms with Gasteiger partial charge in [0.1, 0.15) is 17.9 Å². The van der Waals surface area contributed by atoms with E-state index in [-0.39, 0.29) is 5.78 Å². The van der Waals surface area contributed by atoms with Gasteiger partial charge in [0.25, 0.3) is 0 Å². The third-order valence-corrected chi connectivity index (χ3v) is 7.20. The summed E-state index contributed by atoms with van der Waals surface area (Å²) in [6.07, 6.45) is 3.44. The number of hydrogen-bond donors (Lipinski definition) is 1. The number of halogens is 1. The lowest BCUT2D eigenvalue weighted by molar-refractivity contribution is -0.952. The van der Waals surface area contributed by atoms with Crippen LogP contribution in [0.2, 0.25) is 5.02 Å². The lowest BCUT2D eigenvalue weighted by Gasteiger charge is -2.56. The van der Waals surface area contributed by atoms with Gasteiger partial charge in [-0.1, -0.05) is 23.7 Å². The molecule has 29 heavy (non-hydrogen) atoms. The molecule has 2 bridgehead atoms. The molecule has 3 saturated heterocycles. The van der Waals surface area contributed by atoms with Crippen LogP contribution in [0, 0.1) is 5.92 Å². The van der Waals surface area contributed by atoms with Crippen LogP contribution in [0.3, 0.4) is 0 Å². The number of carbonyl (C=O) groups is 1. The maximum atomic E-state index is 12.5. The lowest BCUT2D eigenvalue weighted by atomic mass is 9.70. The largest absolute Gasteiger partial charge is 0.497 e. The van der Waals surface area contributed by atoms with Gasteiger partial charge in [0, 0.05) is 42.2 Å². The van der Waals surface area contributed by atoms with E-state index in [0.717, 1.165) is 66.8 Å². The Bertz CT molecular complexity index is 857. The molecule has 0 spiro atoms. The highest BCUT2D eigenvalue weighted by molar-refractivity contribution is 6.30. The van der Waals surface area contributed by atoms with Crippen LogP contribution in [0.15, 0.2) is 48.5 Å². The van der Waals surface area contributed by atoms with Crippen LogP contribution in [0.1, 0.15) is 41.6 Å². The highest BCUT2D eigenvalue weighted by atomic mass is 35.5. The van der Waals surface area contributed by atoms with Crippen LogP contribution < -0.4 is 4.74 Å². The fourth-order valence-corrected chi connectivity index (χ4v) is 5.38. The Morgan fingerprint density at radius 1 is 1.14 bits per heavy atom. The predicted octanol–water partition coefficient (Wildman–Crippen LogP) is 4.44. The van der Waals surface area contributed by atoms with Crippen LogP contribution in [-0.4, -0.2) is 48.7 Å². The summed E-state index contributed by atoms with van der Waals surface area (Å²) in [7, 11) is 1.66. The van der Waals surface area contributed by atoms with Gasteiger partial charge < -0.3 is 14.3 Å². The monoisotopic (exact) mass is 414 g/mol. The van der Waals surface area contributed by atoms with E-state index in [4.69, 9.17) is 16.3 Å². The van der Waals surface area contributed by atoms with Crippen molar-refractivity contribution < 1.29 is 19.1 Å². The number of fused-ring (bicyclic) bond motifs is 3. The highest BCUT2D eigenvalue weighted by Crippen LogP contribution is 2.46. The minimum absolute atomic E-state index is 0.164. The number of piperidine rings is 3. The van der Waals surface area contributed by atoms with Crippen LogP contribution in [0.4, 0.5) is 0 Å². The number of nitrogens with zero attached hydrogens (tertiary/aromatic N) is 1. The average Bonchev–Trinajstić information content (AvgIpc) is 2.74. The summed E-state index contributed by atoms with van der Waals surface area (Å²) in [5.41, 5.74) is 0.923. The van der Waals surface area contributed by atoms with E-state index >= 15 is 0 Å². The van der Waals surface area contributed by atoms with Gasteiger partial charge in [0.2, 0.25) is 0 Å². The van der Waals surface area contributed by atoms with Gasteiger partial charge in [-0.3, -0.25) is 4.79 Å². The number of ketones is 1. The predicted molar refractivity (Wildman–Crippen MR) is 114 cm³/mol. The van der Waals surface area contributed by atoms with Crippen molar-refractivity contribution >= 4 is 17.4 Å². The van der Waals surface area contributed by atoms with Crippen molar-refractivity contribution in [3.63, 3.8) is 0 Å². The number of rotatable bonds is 7. The topological polar surface area (TPSA) is 46.5 Å². The van der Waals surface area contributed by atoms with Crippen molar-refractivity contribution in [3.8, 4) is 5.75 Å². The Kier molecular flexibility index (Phi) is 5.69. The van der Waals surface area contributed by atoms with Gasteiger partial charge in [-0.25, -0.2) is 0 Å². The Morgan fingerprint density at radius 3 is 2.41 bits per heavy atom. The molecule has 3 aliphatic heterocycles. The molecule has 0 radical (unpaired) electrons. The first-order chi connectivity index (χ1) is 13.9. The Balaban J connectivity index is 1.42. The van der Waals surface area contributed by atoms with Gasteiger partial charge in [0.15, 0.2) is 5.78 Å². The minimum Gasteiger partial charge on any atom is -0.497 e. The molecule has 0 unspecified atom stereocenters. The standard InChI is InChI=1S/C24H29ClNO3/c1-29-22-10-6-19(7-11-22)24(28)17-26(15-12-20(24)13-16-26)14-2-3-23(27)18-4-8-21(25)9-5-18/h4-11,20,28H,2-3,12-17H2,1H3/q+1/t20?,24-,26?/m0/s1. The third kappa shape index (κ3) is 4.07. The molecule has 2 aromatic rings. The SMILES string of the molecule is COc1ccc([C@@]2(O)C[N+]3(CCCC(=O)c4ccc(Cl)cc4)CCC2CC3)cc1. The minimum atomic E-state index is -0.789. The molecular formula is C24H29ClNO3+. The molecule has 4 nitrogen and oxygen atoms in total. The number of Topliss-reactive ketones (excluding diaryl/α,β-unsaturated/α-hetero) is 1. The van der Waals surface area contributed by atoms with E-state index in [0.29, 0.717) is 17.4 Å². The van der Waals surface area contributed by atoms with E-state index < -0.39 is 5.60 Å². The first-order valence-corrected chi connectivity index (χ1v) is 10.8. The smallest absolute Gasteiger partial charge is 0.163 e. The second-order valence-corrected chi connectivity index (χ2v) is 9.07. The zero-order valence-corrected chi connectivity index (χ0v) is 17.7. The Hall–Kier alpha value is -1.88. The van der Waals surface area contributed by atoms with Crippen molar-refractivity contribution in [2.75, 3.05) is 33.3 Å². The van der Waals surface area contributed by atoms with Crippen molar-refractivity contribution in [2.24, 2.45) is 5.92 Å². The molecule has 2 aromatic carbocycles. The number of aliphatic hydroxyl groups is 1. The normalized spacial score (nSPS) is 28.3. The van der Waals surface area contributed by atoms with Crippen LogP contribution >= 0.6 is 11.6 Å². The van der Waals surface area contributed by atoms with E-state index in [1.807, 2.05) is 24.3 Å². The first kappa shape index (κ1) is 20.4. The second kappa shape index (κ2) is 8.10. The number of methoxy groups -OCH3 is 1. The van der Waals surface area contributed by atoms with Crippen molar-refractivity contribution in [3.05, 3.63) is 64.7 Å². The van der Waals surface area contributed by atoms with E-state index in [9.17, 15) is 9.90 Å².